The van der Waals surface area contributed by atoms with E-state index in [1.807, 2.05) is 6.92 Å². The van der Waals surface area contributed by atoms with E-state index in [0.29, 0.717) is 17.1 Å². The predicted octanol–water partition coefficient (Wildman–Crippen LogP) is 2.72. The van der Waals surface area contributed by atoms with Gasteiger partial charge in [-0.2, -0.15) is 0 Å². The van der Waals surface area contributed by atoms with E-state index in [9.17, 15) is 22.8 Å². The van der Waals surface area contributed by atoms with Gasteiger partial charge in [0.15, 0.2) is 9.84 Å². The number of nitrogens with one attached hydrogen (secondary N) is 3. The zero-order valence-corrected chi connectivity index (χ0v) is 17.9. The second-order valence-corrected chi connectivity index (χ2v) is 9.05. The van der Waals surface area contributed by atoms with Gasteiger partial charge in [0.2, 0.25) is 17.7 Å². The van der Waals surface area contributed by atoms with Crippen molar-refractivity contribution in [2.45, 2.75) is 32.4 Å². The molecule has 1 unspecified atom stereocenters. The van der Waals surface area contributed by atoms with Crippen LogP contribution in [0.25, 0.3) is 0 Å². The smallest absolute Gasteiger partial charge is 0.242 e. The molecule has 160 valence electrons. The molecule has 0 saturated carbocycles. The standard InChI is InChI=1S/C21H25N3O5S/c1-4-19(21(27)24-18-11-9-16(10-12-18)22-15(3)25)30(28,29)13-20(26)23-17-7-5-14(2)6-8-17/h5-12,19H,4,13H2,1-3H3,(H,22,25)(H,23,26)(H,24,27). The minimum Gasteiger partial charge on any atom is -0.326 e. The lowest BCUT2D eigenvalue weighted by Gasteiger charge is -2.16. The van der Waals surface area contributed by atoms with Crippen LogP contribution in [0, 0.1) is 6.92 Å². The second kappa shape index (κ2) is 10.0. The van der Waals surface area contributed by atoms with Crippen molar-refractivity contribution in [3.8, 4) is 0 Å². The highest BCUT2D eigenvalue weighted by Crippen LogP contribution is 2.17. The highest BCUT2D eigenvalue weighted by Gasteiger charge is 2.33. The molecule has 2 aromatic carbocycles. The third kappa shape index (κ3) is 6.70. The summed E-state index contributed by atoms with van der Waals surface area (Å²) in [5.74, 6) is -2.45. The maximum Gasteiger partial charge on any atom is 0.242 e. The van der Waals surface area contributed by atoms with Gasteiger partial charge >= 0.3 is 0 Å². The van der Waals surface area contributed by atoms with Crippen LogP contribution in [0.1, 0.15) is 25.8 Å². The van der Waals surface area contributed by atoms with Crippen molar-refractivity contribution in [2.24, 2.45) is 0 Å². The Morgan fingerprint density at radius 3 is 1.80 bits per heavy atom. The molecule has 2 rings (SSSR count). The molecule has 0 aliphatic heterocycles. The molecule has 3 amide bonds. The first kappa shape index (κ1) is 23.1. The van der Waals surface area contributed by atoms with Gasteiger partial charge in [0.05, 0.1) is 0 Å². The summed E-state index contributed by atoms with van der Waals surface area (Å²) in [6.07, 6.45) is 0.0238. The van der Waals surface area contributed by atoms with E-state index >= 15 is 0 Å². The van der Waals surface area contributed by atoms with E-state index in [-0.39, 0.29) is 12.3 Å². The number of aryl methyl sites for hydroxylation is 1. The Kier molecular flexibility index (Phi) is 7.71. The van der Waals surface area contributed by atoms with Crippen molar-refractivity contribution >= 4 is 44.6 Å². The van der Waals surface area contributed by atoms with Crippen LogP contribution in [0.15, 0.2) is 48.5 Å². The number of carbonyl (C=O) groups excluding carboxylic acids is 3. The minimum absolute atomic E-state index is 0.0238. The van der Waals surface area contributed by atoms with Gasteiger partial charge in [0, 0.05) is 24.0 Å². The summed E-state index contributed by atoms with van der Waals surface area (Å²) >= 11 is 0. The van der Waals surface area contributed by atoms with Gasteiger partial charge in [0.1, 0.15) is 11.0 Å². The van der Waals surface area contributed by atoms with Gasteiger partial charge in [-0.3, -0.25) is 14.4 Å². The molecular weight excluding hydrogens is 406 g/mol. The number of hydrogen-bond donors (Lipinski definition) is 3. The van der Waals surface area contributed by atoms with Gasteiger partial charge in [-0.15, -0.1) is 0 Å². The summed E-state index contributed by atoms with van der Waals surface area (Å²) < 4.78 is 25.3. The van der Waals surface area contributed by atoms with Crippen molar-refractivity contribution in [1.82, 2.24) is 0 Å². The number of amides is 3. The predicted molar refractivity (Wildman–Crippen MR) is 117 cm³/mol. The monoisotopic (exact) mass is 431 g/mol. The van der Waals surface area contributed by atoms with Gasteiger partial charge in [-0.05, 0) is 49.7 Å². The topological polar surface area (TPSA) is 121 Å². The Morgan fingerprint density at radius 1 is 0.833 bits per heavy atom. The zero-order valence-electron chi connectivity index (χ0n) is 17.1. The van der Waals surface area contributed by atoms with Crippen LogP contribution in [0.5, 0.6) is 0 Å². The number of carbonyl (C=O) groups is 3. The van der Waals surface area contributed by atoms with E-state index in [4.69, 9.17) is 0 Å². The maximum absolute atomic E-state index is 12.7. The first-order chi connectivity index (χ1) is 14.1. The van der Waals surface area contributed by atoms with E-state index in [1.54, 1.807) is 55.5 Å². The molecule has 2 aromatic rings. The van der Waals surface area contributed by atoms with Crippen LogP contribution in [0.3, 0.4) is 0 Å². The summed E-state index contributed by atoms with van der Waals surface area (Å²) in [5, 5.41) is 6.31. The fraction of sp³-hybridized carbons (Fsp3) is 0.286. The second-order valence-electron chi connectivity index (χ2n) is 6.87. The van der Waals surface area contributed by atoms with Crippen LogP contribution < -0.4 is 16.0 Å². The van der Waals surface area contributed by atoms with Crippen molar-refractivity contribution in [3.05, 3.63) is 54.1 Å². The molecule has 8 nitrogen and oxygen atoms in total. The molecule has 30 heavy (non-hydrogen) atoms. The molecule has 0 aliphatic carbocycles. The quantitative estimate of drug-likeness (QED) is 0.593. The third-order valence-corrected chi connectivity index (χ3v) is 6.32. The average molecular weight is 432 g/mol. The summed E-state index contributed by atoms with van der Waals surface area (Å²) in [7, 11) is -4.02. The van der Waals surface area contributed by atoms with Crippen LogP contribution in [0.4, 0.5) is 17.1 Å². The van der Waals surface area contributed by atoms with Crippen molar-refractivity contribution < 1.29 is 22.8 Å². The lowest BCUT2D eigenvalue weighted by molar-refractivity contribution is -0.116. The average Bonchev–Trinajstić information content (AvgIpc) is 2.64. The van der Waals surface area contributed by atoms with Gasteiger partial charge in [-0.25, -0.2) is 8.42 Å². The molecule has 9 heteroatoms. The van der Waals surface area contributed by atoms with Crippen molar-refractivity contribution in [1.29, 1.82) is 0 Å². The first-order valence-electron chi connectivity index (χ1n) is 9.37. The largest absolute Gasteiger partial charge is 0.326 e. The number of sulfone groups is 1. The molecule has 1 atom stereocenters. The fourth-order valence-corrected chi connectivity index (χ4v) is 4.31. The Balaban J connectivity index is 2.02. The number of benzene rings is 2. The summed E-state index contributed by atoms with van der Waals surface area (Å²) in [5.41, 5.74) is 2.42. The van der Waals surface area contributed by atoms with Gasteiger partial charge in [0.25, 0.3) is 0 Å². The molecule has 0 fully saturated rings. The van der Waals surface area contributed by atoms with Crippen LogP contribution in [-0.4, -0.2) is 37.1 Å². The molecule has 0 aromatic heterocycles. The van der Waals surface area contributed by atoms with E-state index < -0.39 is 32.7 Å². The highest BCUT2D eigenvalue weighted by molar-refractivity contribution is 7.93. The molecule has 3 N–H and O–H groups in total. The lowest BCUT2D eigenvalue weighted by atomic mass is 10.2. The third-order valence-electron chi connectivity index (χ3n) is 4.24. The van der Waals surface area contributed by atoms with Crippen molar-refractivity contribution in [2.75, 3.05) is 21.7 Å². The number of rotatable bonds is 8. The fourth-order valence-electron chi connectivity index (χ4n) is 2.78. The normalized spacial score (nSPS) is 12.0. The van der Waals surface area contributed by atoms with E-state index in [1.165, 1.54) is 6.92 Å². The molecule has 0 bridgehead atoms. The highest BCUT2D eigenvalue weighted by atomic mass is 32.2. The van der Waals surface area contributed by atoms with Crippen LogP contribution in [0.2, 0.25) is 0 Å². The first-order valence-corrected chi connectivity index (χ1v) is 11.1. The number of hydrogen-bond acceptors (Lipinski definition) is 5. The maximum atomic E-state index is 12.7. The van der Waals surface area contributed by atoms with Crippen LogP contribution in [-0.2, 0) is 24.2 Å². The SMILES string of the molecule is CCC(C(=O)Nc1ccc(NC(C)=O)cc1)S(=O)(=O)CC(=O)Nc1ccc(C)cc1. The van der Waals surface area contributed by atoms with Crippen LogP contribution >= 0.6 is 0 Å². The van der Waals surface area contributed by atoms with E-state index in [2.05, 4.69) is 16.0 Å². The Morgan fingerprint density at radius 2 is 1.30 bits per heavy atom. The molecule has 0 heterocycles. The molecular formula is C21H25N3O5S. The van der Waals surface area contributed by atoms with Gasteiger partial charge in [-0.1, -0.05) is 24.6 Å². The lowest BCUT2D eigenvalue weighted by Crippen LogP contribution is -2.39. The molecule has 0 radical (unpaired) electrons. The summed E-state index contributed by atoms with van der Waals surface area (Å²) in [6, 6.07) is 13.2. The zero-order chi connectivity index (χ0) is 22.3. The number of anilines is 3. The minimum atomic E-state index is -4.02. The van der Waals surface area contributed by atoms with Gasteiger partial charge < -0.3 is 16.0 Å². The molecule has 0 aliphatic rings. The van der Waals surface area contributed by atoms with E-state index in [0.717, 1.165) is 5.56 Å². The van der Waals surface area contributed by atoms with Crippen molar-refractivity contribution in [3.63, 3.8) is 0 Å². The molecule has 0 spiro atoms. The summed E-state index contributed by atoms with van der Waals surface area (Å²) in [6.45, 7) is 4.84. The summed E-state index contributed by atoms with van der Waals surface area (Å²) in [4.78, 5) is 35.8. The Bertz CT molecular complexity index is 1020. The molecule has 0 saturated heterocycles. The Labute approximate surface area is 176 Å². The Hall–Kier alpha value is -3.20.